The van der Waals surface area contributed by atoms with Crippen LogP contribution >= 0.6 is 0 Å². The molecule has 2 atom stereocenters. The van der Waals surface area contributed by atoms with Crippen molar-refractivity contribution in [2.75, 3.05) is 13.7 Å². The van der Waals surface area contributed by atoms with Gasteiger partial charge in [-0.1, -0.05) is 0 Å². The second-order valence-electron chi connectivity index (χ2n) is 7.46. The maximum Gasteiger partial charge on any atom is 0.227 e. The molecule has 1 aliphatic carbocycles. The highest BCUT2D eigenvalue weighted by Gasteiger charge is 2.39. The van der Waals surface area contributed by atoms with Gasteiger partial charge in [-0.05, 0) is 26.7 Å². The fourth-order valence-electron chi connectivity index (χ4n) is 3.79. The molecule has 2 aromatic heterocycles. The molecule has 0 radical (unpaired) electrons. The summed E-state index contributed by atoms with van der Waals surface area (Å²) in [6, 6.07) is -0.107. The number of nitrogens with zero attached hydrogens (tertiary/aromatic N) is 5. The Labute approximate surface area is 152 Å². The van der Waals surface area contributed by atoms with Gasteiger partial charge in [0.2, 0.25) is 5.91 Å². The van der Waals surface area contributed by atoms with Crippen molar-refractivity contribution >= 4 is 5.91 Å². The largest absolute Gasteiger partial charge is 0.380 e. The zero-order chi connectivity index (χ0) is 18.4. The highest BCUT2D eigenvalue weighted by molar-refractivity contribution is 5.80. The van der Waals surface area contributed by atoms with Crippen molar-refractivity contribution in [1.29, 1.82) is 0 Å². The summed E-state index contributed by atoms with van der Waals surface area (Å²) in [5.74, 6) is 2.23. The minimum Gasteiger partial charge on any atom is -0.380 e. The Hall–Kier alpha value is -2.22. The summed E-state index contributed by atoms with van der Waals surface area (Å²) in [6.45, 7) is 4.53. The van der Waals surface area contributed by atoms with Gasteiger partial charge in [-0.2, -0.15) is 10.2 Å². The van der Waals surface area contributed by atoms with Crippen molar-refractivity contribution in [2.45, 2.75) is 57.6 Å². The van der Waals surface area contributed by atoms with Gasteiger partial charge in [0, 0.05) is 44.3 Å². The number of aryl methyl sites for hydroxylation is 2. The minimum absolute atomic E-state index is 0.0227. The first-order valence-corrected chi connectivity index (χ1v) is 9.21. The summed E-state index contributed by atoms with van der Waals surface area (Å²) < 4.78 is 7.37. The van der Waals surface area contributed by atoms with Crippen LogP contribution < -0.4 is 0 Å². The number of aromatic nitrogens is 5. The van der Waals surface area contributed by atoms with Crippen molar-refractivity contribution in [2.24, 2.45) is 7.05 Å². The van der Waals surface area contributed by atoms with Crippen molar-refractivity contribution < 1.29 is 9.53 Å². The molecule has 1 saturated carbocycles. The third-order valence-corrected chi connectivity index (χ3v) is 5.68. The molecule has 140 valence electrons. The fourth-order valence-corrected chi connectivity index (χ4v) is 3.79. The first-order chi connectivity index (χ1) is 12.5. The van der Waals surface area contributed by atoms with Crippen LogP contribution in [0.15, 0.2) is 0 Å². The molecule has 0 bridgehead atoms. The summed E-state index contributed by atoms with van der Waals surface area (Å²) in [5, 5.41) is 11.8. The lowest BCUT2D eigenvalue weighted by molar-refractivity contribution is -0.131. The zero-order valence-corrected chi connectivity index (χ0v) is 15.8. The number of hydrogen-bond donors (Lipinski definition) is 1. The molecule has 3 heterocycles. The maximum atomic E-state index is 13.1. The van der Waals surface area contributed by atoms with Crippen LogP contribution in [0.2, 0.25) is 0 Å². The predicted octanol–water partition coefficient (Wildman–Crippen LogP) is 1.56. The van der Waals surface area contributed by atoms with Gasteiger partial charge in [0.25, 0.3) is 0 Å². The van der Waals surface area contributed by atoms with E-state index in [4.69, 9.17) is 4.74 Å². The number of amides is 1. The van der Waals surface area contributed by atoms with Gasteiger partial charge in [-0.15, -0.1) is 0 Å². The van der Waals surface area contributed by atoms with Crippen molar-refractivity contribution in [3.63, 3.8) is 0 Å². The SMILES string of the molecule is CO[C@@H]1C[C@@H](c2nc(C3CC3)n[nH]2)N(C(=O)Cc2c(C)nn(C)c2C)C1. The van der Waals surface area contributed by atoms with E-state index in [2.05, 4.69) is 20.3 Å². The number of ether oxygens (including phenoxy) is 1. The molecule has 1 aliphatic heterocycles. The molecule has 1 saturated heterocycles. The van der Waals surface area contributed by atoms with E-state index in [1.807, 2.05) is 30.5 Å². The Morgan fingerprint density at radius 1 is 1.35 bits per heavy atom. The van der Waals surface area contributed by atoms with Crippen LogP contribution in [-0.4, -0.2) is 55.5 Å². The molecule has 4 rings (SSSR count). The number of carbonyl (C=O) groups is 1. The number of aromatic amines is 1. The summed E-state index contributed by atoms with van der Waals surface area (Å²) in [5.41, 5.74) is 2.95. The number of carbonyl (C=O) groups excluding carboxylic acids is 1. The van der Waals surface area contributed by atoms with Crippen LogP contribution in [0.4, 0.5) is 0 Å². The van der Waals surface area contributed by atoms with Crippen molar-refractivity contribution in [3.05, 3.63) is 28.6 Å². The van der Waals surface area contributed by atoms with E-state index in [0.717, 1.165) is 47.9 Å². The fraction of sp³-hybridized carbons (Fsp3) is 0.667. The van der Waals surface area contributed by atoms with E-state index in [1.165, 1.54) is 0 Å². The number of H-pyrrole nitrogens is 1. The highest BCUT2D eigenvalue weighted by Crippen LogP contribution is 2.39. The lowest BCUT2D eigenvalue weighted by atomic mass is 10.1. The van der Waals surface area contributed by atoms with Crippen LogP contribution in [-0.2, 0) is 23.0 Å². The standard InChI is InChI=1S/C18H26N6O2/c1-10-14(11(2)23(3)22-10)8-16(25)24-9-13(26-4)7-15(24)18-19-17(20-21-18)12-5-6-12/h12-13,15H,5-9H2,1-4H3,(H,19,20,21)/t13-,15+/m1/s1. The lowest BCUT2D eigenvalue weighted by Gasteiger charge is -2.22. The third-order valence-electron chi connectivity index (χ3n) is 5.68. The van der Waals surface area contributed by atoms with Crippen molar-refractivity contribution in [3.8, 4) is 0 Å². The first-order valence-electron chi connectivity index (χ1n) is 9.21. The molecule has 0 spiro atoms. The van der Waals surface area contributed by atoms with Crippen LogP contribution in [0.1, 0.15) is 59.8 Å². The summed E-state index contributed by atoms with van der Waals surface area (Å²) in [6.07, 6.45) is 3.43. The lowest BCUT2D eigenvalue weighted by Crippen LogP contribution is -2.33. The van der Waals surface area contributed by atoms with E-state index in [-0.39, 0.29) is 18.1 Å². The van der Waals surface area contributed by atoms with Gasteiger partial charge in [-0.25, -0.2) is 4.98 Å². The van der Waals surface area contributed by atoms with E-state index < -0.39 is 0 Å². The Morgan fingerprint density at radius 3 is 2.73 bits per heavy atom. The smallest absolute Gasteiger partial charge is 0.227 e. The molecular formula is C18H26N6O2. The molecule has 8 heteroatoms. The number of likely N-dealkylation sites (tertiary alicyclic amines) is 1. The Bertz CT molecular complexity index is 822. The van der Waals surface area contributed by atoms with Gasteiger partial charge in [0.05, 0.1) is 24.3 Å². The quantitative estimate of drug-likeness (QED) is 0.876. The molecule has 2 aliphatic rings. The molecule has 1 N–H and O–H groups in total. The predicted molar refractivity (Wildman–Crippen MR) is 94.6 cm³/mol. The van der Waals surface area contributed by atoms with E-state index in [0.29, 0.717) is 18.9 Å². The zero-order valence-electron chi connectivity index (χ0n) is 15.8. The van der Waals surface area contributed by atoms with E-state index >= 15 is 0 Å². The summed E-state index contributed by atoms with van der Waals surface area (Å²) >= 11 is 0. The van der Waals surface area contributed by atoms with Gasteiger partial charge >= 0.3 is 0 Å². The van der Waals surface area contributed by atoms with Gasteiger partial charge in [0.15, 0.2) is 5.82 Å². The maximum absolute atomic E-state index is 13.1. The van der Waals surface area contributed by atoms with E-state index in [9.17, 15) is 4.79 Å². The van der Waals surface area contributed by atoms with Crippen LogP contribution in [0.5, 0.6) is 0 Å². The van der Waals surface area contributed by atoms with Crippen molar-refractivity contribution in [1.82, 2.24) is 29.9 Å². The second-order valence-corrected chi connectivity index (χ2v) is 7.46. The molecule has 8 nitrogen and oxygen atoms in total. The molecular weight excluding hydrogens is 332 g/mol. The molecule has 26 heavy (non-hydrogen) atoms. The van der Waals surface area contributed by atoms with Gasteiger partial charge in [0.1, 0.15) is 5.82 Å². The summed E-state index contributed by atoms with van der Waals surface area (Å²) in [7, 11) is 3.60. The van der Waals surface area contributed by atoms with E-state index in [1.54, 1.807) is 7.11 Å². The monoisotopic (exact) mass is 358 g/mol. The highest BCUT2D eigenvalue weighted by atomic mass is 16.5. The molecule has 2 aromatic rings. The van der Waals surface area contributed by atoms with Gasteiger partial charge < -0.3 is 9.64 Å². The average Bonchev–Trinajstić information content (AvgIpc) is 3.11. The topological polar surface area (TPSA) is 88.9 Å². The molecule has 2 fully saturated rings. The number of rotatable bonds is 5. The van der Waals surface area contributed by atoms with Gasteiger partial charge in [-0.3, -0.25) is 14.6 Å². The van der Waals surface area contributed by atoms with Crippen LogP contribution in [0, 0.1) is 13.8 Å². The minimum atomic E-state index is -0.107. The Balaban J connectivity index is 1.56. The van der Waals surface area contributed by atoms with Crippen LogP contribution in [0.25, 0.3) is 0 Å². The Kier molecular flexibility index (Phi) is 4.30. The summed E-state index contributed by atoms with van der Waals surface area (Å²) in [4.78, 5) is 19.7. The first kappa shape index (κ1) is 17.2. The molecule has 0 aromatic carbocycles. The normalized spacial score (nSPS) is 23.0. The van der Waals surface area contributed by atoms with Crippen LogP contribution in [0.3, 0.4) is 0 Å². The third kappa shape index (κ3) is 3.02. The number of nitrogens with one attached hydrogen (secondary N) is 1. The Morgan fingerprint density at radius 2 is 2.12 bits per heavy atom. The molecule has 1 amide bonds. The second kappa shape index (κ2) is 6.50. The average molecular weight is 358 g/mol. The molecule has 0 unspecified atom stereocenters. The number of methoxy groups -OCH3 is 1. The number of hydrogen-bond acceptors (Lipinski definition) is 5.